The number of halogens is 1. The number of nitrogens with zero attached hydrogens (tertiary/aromatic N) is 1. The van der Waals surface area contributed by atoms with Crippen LogP contribution in [0.4, 0.5) is 4.39 Å². The van der Waals surface area contributed by atoms with Gasteiger partial charge in [-0.2, -0.15) is 11.8 Å². The minimum atomic E-state index is -0.671. The van der Waals surface area contributed by atoms with Crippen molar-refractivity contribution in [3.63, 3.8) is 0 Å². The van der Waals surface area contributed by atoms with Crippen molar-refractivity contribution in [2.24, 2.45) is 5.92 Å². The summed E-state index contributed by atoms with van der Waals surface area (Å²) >= 11 is 1.67. The summed E-state index contributed by atoms with van der Waals surface area (Å²) in [4.78, 5) is 27.0. The number of carbonyl (C=O) groups is 2. The van der Waals surface area contributed by atoms with Crippen molar-refractivity contribution in [2.45, 2.75) is 45.5 Å². The van der Waals surface area contributed by atoms with Gasteiger partial charge in [0.15, 0.2) is 0 Å². The van der Waals surface area contributed by atoms with Crippen molar-refractivity contribution in [2.75, 3.05) is 12.3 Å². The van der Waals surface area contributed by atoms with Gasteiger partial charge in [-0.1, -0.05) is 62.4 Å². The lowest BCUT2D eigenvalue weighted by atomic mass is 10.1. The van der Waals surface area contributed by atoms with Gasteiger partial charge in [-0.3, -0.25) is 9.59 Å². The van der Waals surface area contributed by atoms with Gasteiger partial charge in [0.2, 0.25) is 11.8 Å². The van der Waals surface area contributed by atoms with Crippen LogP contribution in [0.5, 0.6) is 0 Å². The van der Waals surface area contributed by atoms with Gasteiger partial charge < -0.3 is 10.2 Å². The average Bonchev–Trinajstić information content (AvgIpc) is 2.74. The van der Waals surface area contributed by atoms with Crippen LogP contribution in [0.2, 0.25) is 0 Å². The van der Waals surface area contributed by atoms with E-state index in [0.717, 1.165) is 5.75 Å². The van der Waals surface area contributed by atoms with Crippen LogP contribution in [0.25, 0.3) is 0 Å². The van der Waals surface area contributed by atoms with Crippen LogP contribution in [0.1, 0.15) is 38.3 Å². The summed E-state index contributed by atoms with van der Waals surface area (Å²) in [6.45, 7) is 6.34. The van der Waals surface area contributed by atoms with Gasteiger partial charge in [0.05, 0.1) is 0 Å². The molecule has 1 N–H and O–H groups in total. The fraction of sp³-hybridized carbons (Fsp3) is 0.417. The first-order chi connectivity index (χ1) is 14.4. The number of amides is 2. The van der Waals surface area contributed by atoms with Crippen LogP contribution in [-0.2, 0) is 21.9 Å². The molecule has 2 rings (SSSR count). The first-order valence-electron chi connectivity index (χ1n) is 10.3. The highest BCUT2D eigenvalue weighted by molar-refractivity contribution is 7.98. The summed E-state index contributed by atoms with van der Waals surface area (Å²) in [7, 11) is 0. The molecule has 0 aliphatic carbocycles. The van der Waals surface area contributed by atoms with Crippen molar-refractivity contribution < 1.29 is 14.0 Å². The Morgan fingerprint density at radius 2 is 1.70 bits per heavy atom. The topological polar surface area (TPSA) is 49.4 Å². The molecule has 4 nitrogen and oxygen atoms in total. The van der Waals surface area contributed by atoms with E-state index >= 15 is 0 Å². The summed E-state index contributed by atoms with van der Waals surface area (Å²) < 4.78 is 14.2. The summed E-state index contributed by atoms with van der Waals surface area (Å²) in [6.07, 6.45) is 0.299. The van der Waals surface area contributed by atoms with E-state index in [0.29, 0.717) is 30.2 Å². The second kappa shape index (κ2) is 12.4. The molecule has 0 saturated heterocycles. The lowest BCUT2D eigenvalue weighted by Crippen LogP contribution is -2.48. The molecule has 0 heterocycles. The number of carbonyl (C=O) groups excluding carboxylic acids is 2. The molecular weight excluding hydrogens is 399 g/mol. The molecule has 0 fully saturated rings. The van der Waals surface area contributed by atoms with Crippen molar-refractivity contribution in [1.29, 1.82) is 0 Å². The maximum atomic E-state index is 14.2. The zero-order chi connectivity index (χ0) is 21.9. The Labute approximate surface area is 183 Å². The third kappa shape index (κ3) is 7.82. The van der Waals surface area contributed by atoms with E-state index in [-0.39, 0.29) is 24.2 Å². The second-order valence-electron chi connectivity index (χ2n) is 7.72. The Kier molecular flexibility index (Phi) is 9.87. The number of rotatable bonds is 11. The third-order valence-electron chi connectivity index (χ3n) is 4.72. The van der Waals surface area contributed by atoms with E-state index in [9.17, 15) is 14.0 Å². The average molecular weight is 431 g/mol. The molecule has 2 aromatic rings. The monoisotopic (exact) mass is 430 g/mol. The molecule has 0 spiro atoms. The maximum Gasteiger partial charge on any atom is 0.242 e. The third-order valence-corrected chi connectivity index (χ3v) is 5.75. The molecule has 0 saturated carbocycles. The predicted octanol–water partition coefficient (Wildman–Crippen LogP) is 4.64. The number of hydrogen-bond donors (Lipinski definition) is 1. The fourth-order valence-electron chi connectivity index (χ4n) is 2.91. The molecule has 2 amide bonds. The summed E-state index contributed by atoms with van der Waals surface area (Å²) in [5.74, 6) is 1.04. The van der Waals surface area contributed by atoms with Gasteiger partial charge in [-0.05, 0) is 24.5 Å². The molecular formula is C24H31FN2O2S. The van der Waals surface area contributed by atoms with Gasteiger partial charge in [-0.15, -0.1) is 0 Å². The molecule has 1 atom stereocenters. The Balaban J connectivity index is 2.00. The molecule has 0 radical (unpaired) electrons. The van der Waals surface area contributed by atoms with E-state index in [1.807, 2.05) is 32.0 Å². The van der Waals surface area contributed by atoms with E-state index in [1.165, 1.54) is 16.5 Å². The largest absolute Gasteiger partial charge is 0.354 e. The molecule has 0 aliphatic heterocycles. The summed E-state index contributed by atoms with van der Waals surface area (Å²) in [6, 6.07) is 15.8. The highest BCUT2D eigenvalue weighted by Crippen LogP contribution is 2.17. The summed E-state index contributed by atoms with van der Waals surface area (Å²) in [5.41, 5.74) is 1.62. The van der Waals surface area contributed by atoms with Crippen molar-refractivity contribution in [3.8, 4) is 0 Å². The highest BCUT2D eigenvalue weighted by Gasteiger charge is 2.26. The van der Waals surface area contributed by atoms with Gasteiger partial charge in [0.1, 0.15) is 11.9 Å². The standard InChI is InChI=1S/C24H31FN2O2S/c1-18(2)15-26-24(29)19(3)27(16-21-11-7-8-12-22(21)25)23(28)13-14-30-17-20-9-5-4-6-10-20/h4-12,18-19H,13-17H2,1-3H3,(H,26,29)/t19-/m0/s1. The normalized spacial score (nSPS) is 11.9. The van der Waals surface area contributed by atoms with Gasteiger partial charge in [0, 0.05) is 36.6 Å². The molecule has 6 heteroatoms. The zero-order valence-electron chi connectivity index (χ0n) is 17.9. The number of benzene rings is 2. The van der Waals surface area contributed by atoms with Crippen LogP contribution in [0, 0.1) is 11.7 Å². The van der Waals surface area contributed by atoms with Crippen LogP contribution in [0.15, 0.2) is 54.6 Å². The van der Waals surface area contributed by atoms with Crippen molar-refractivity contribution >= 4 is 23.6 Å². The lowest BCUT2D eigenvalue weighted by Gasteiger charge is -2.29. The smallest absolute Gasteiger partial charge is 0.242 e. The minimum absolute atomic E-state index is 0.0745. The predicted molar refractivity (Wildman–Crippen MR) is 121 cm³/mol. The lowest BCUT2D eigenvalue weighted by molar-refractivity contribution is -0.140. The molecule has 30 heavy (non-hydrogen) atoms. The first kappa shape index (κ1) is 23.9. The van der Waals surface area contributed by atoms with E-state index in [1.54, 1.807) is 36.9 Å². The van der Waals surface area contributed by atoms with E-state index in [4.69, 9.17) is 0 Å². The Hall–Kier alpha value is -2.34. The minimum Gasteiger partial charge on any atom is -0.354 e. The molecule has 0 aromatic heterocycles. The Morgan fingerprint density at radius 1 is 1.03 bits per heavy atom. The second-order valence-corrected chi connectivity index (χ2v) is 8.82. The van der Waals surface area contributed by atoms with Gasteiger partial charge in [-0.25, -0.2) is 4.39 Å². The van der Waals surface area contributed by atoms with Crippen LogP contribution >= 0.6 is 11.8 Å². The Bertz CT molecular complexity index is 814. The SMILES string of the molecule is CC(C)CNC(=O)[C@H](C)N(Cc1ccccc1F)C(=O)CCSCc1ccccc1. The van der Waals surface area contributed by atoms with Crippen molar-refractivity contribution in [1.82, 2.24) is 10.2 Å². The molecule has 2 aromatic carbocycles. The first-order valence-corrected chi connectivity index (χ1v) is 11.5. The van der Waals surface area contributed by atoms with Gasteiger partial charge >= 0.3 is 0 Å². The number of hydrogen-bond acceptors (Lipinski definition) is 3. The van der Waals surface area contributed by atoms with Crippen LogP contribution < -0.4 is 5.32 Å². The Morgan fingerprint density at radius 3 is 2.37 bits per heavy atom. The molecule has 0 unspecified atom stereocenters. The molecule has 0 bridgehead atoms. The number of thioether (sulfide) groups is 1. The number of nitrogens with one attached hydrogen (secondary N) is 1. The highest BCUT2D eigenvalue weighted by atomic mass is 32.2. The van der Waals surface area contributed by atoms with Gasteiger partial charge in [0.25, 0.3) is 0 Å². The molecule has 0 aliphatic rings. The van der Waals surface area contributed by atoms with Crippen LogP contribution in [0.3, 0.4) is 0 Å². The summed E-state index contributed by atoms with van der Waals surface area (Å²) in [5, 5.41) is 2.87. The van der Waals surface area contributed by atoms with E-state index in [2.05, 4.69) is 17.4 Å². The molecule has 162 valence electrons. The van der Waals surface area contributed by atoms with Crippen molar-refractivity contribution in [3.05, 3.63) is 71.5 Å². The maximum absolute atomic E-state index is 14.2. The fourth-order valence-corrected chi connectivity index (χ4v) is 3.80. The van der Waals surface area contributed by atoms with E-state index < -0.39 is 6.04 Å². The van der Waals surface area contributed by atoms with Crippen LogP contribution in [-0.4, -0.2) is 35.1 Å². The zero-order valence-corrected chi connectivity index (χ0v) is 18.8. The quantitative estimate of drug-likeness (QED) is 0.529.